The predicted molar refractivity (Wildman–Crippen MR) is 85.5 cm³/mol. The quantitative estimate of drug-likeness (QED) is 0.601. The lowest BCUT2D eigenvalue weighted by atomic mass is 10.2. The van der Waals surface area contributed by atoms with Crippen LogP contribution in [-0.4, -0.2) is 16.4 Å². The fourth-order valence-electron chi connectivity index (χ4n) is 1.93. The Balaban J connectivity index is 2.21. The highest BCUT2D eigenvalue weighted by Crippen LogP contribution is 2.34. The Morgan fingerprint density at radius 3 is 2.68 bits per heavy atom. The van der Waals surface area contributed by atoms with Crippen LogP contribution in [-0.2, 0) is 18.0 Å². The number of carbonyl (C=O) groups excluding carboxylic acids is 1. The number of nitrogens with one attached hydrogen (secondary N) is 2. The van der Waals surface area contributed by atoms with E-state index in [1.807, 2.05) is 0 Å². The van der Waals surface area contributed by atoms with E-state index in [1.165, 1.54) is 11.7 Å². The summed E-state index contributed by atoms with van der Waals surface area (Å²) < 4.78 is 44.3. The van der Waals surface area contributed by atoms with Gasteiger partial charge >= 0.3 is 16.8 Å². The number of alkyl halides is 3. The summed E-state index contributed by atoms with van der Waals surface area (Å²) in [6.45, 7) is 1.71. The van der Waals surface area contributed by atoms with E-state index >= 15 is 0 Å². The number of rotatable bonds is 5. The zero-order chi connectivity index (χ0) is 18.8. The summed E-state index contributed by atoms with van der Waals surface area (Å²) >= 11 is 6.81. The predicted octanol–water partition coefficient (Wildman–Crippen LogP) is 2.97. The zero-order valence-electron chi connectivity index (χ0n) is 13.1. The highest BCUT2D eigenvalue weighted by Gasteiger charge is 2.32. The SMILES string of the molecule is CCC(Sc1c(=O)o[nH][n+]1C)C(=O)Nc1cc(C(F)(F)F)ccc1Cl. The van der Waals surface area contributed by atoms with Gasteiger partial charge in [-0.2, -0.15) is 13.2 Å². The minimum atomic E-state index is -4.55. The van der Waals surface area contributed by atoms with Gasteiger partial charge in [-0.15, -0.1) is 0 Å². The van der Waals surface area contributed by atoms with Crippen molar-refractivity contribution in [2.75, 3.05) is 5.32 Å². The highest BCUT2D eigenvalue weighted by molar-refractivity contribution is 8.00. The molecule has 2 aromatic rings. The number of aromatic nitrogens is 2. The van der Waals surface area contributed by atoms with Crippen molar-refractivity contribution in [1.29, 1.82) is 0 Å². The molecule has 0 fully saturated rings. The van der Waals surface area contributed by atoms with Crippen molar-refractivity contribution in [2.24, 2.45) is 7.05 Å². The third kappa shape index (κ3) is 4.57. The molecule has 0 saturated carbocycles. The molecule has 0 aliphatic rings. The van der Waals surface area contributed by atoms with Crippen molar-refractivity contribution in [3.63, 3.8) is 0 Å². The van der Waals surface area contributed by atoms with Gasteiger partial charge in [0.2, 0.25) is 5.91 Å². The van der Waals surface area contributed by atoms with Gasteiger partial charge in [-0.25, -0.2) is 4.79 Å². The number of nitrogens with zero attached hydrogens (tertiary/aromatic N) is 1. The van der Waals surface area contributed by atoms with Crippen molar-refractivity contribution in [1.82, 2.24) is 5.27 Å². The second kappa shape index (κ2) is 7.52. The standard InChI is InChI=1S/C14H13ClF3N3O3S/c1-3-10(25-12-13(23)24-20-21(12)2)11(22)19-9-6-7(14(16,17)18)4-5-8(9)15/h4-6,10H,3H2,1-2H3,(H-,19,20,22,23)/p+1. The molecule has 0 bridgehead atoms. The first-order chi connectivity index (χ1) is 11.6. The van der Waals surface area contributed by atoms with Crippen LogP contribution in [0, 0.1) is 0 Å². The summed E-state index contributed by atoms with van der Waals surface area (Å²) in [5.74, 6) is -0.575. The Hall–Kier alpha value is -1.94. The molecule has 1 unspecified atom stereocenters. The van der Waals surface area contributed by atoms with Crippen LogP contribution in [0.3, 0.4) is 0 Å². The highest BCUT2D eigenvalue weighted by atomic mass is 35.5. The molecule has 0 aliphatic carbocycles. The molecule has 25 heavy (non-hydrogen) atoms. The zero-order valence-corrected chi connectivity index (χ0v) is 14.7. The summed E-state index contributed by atoms with van der Waals surface area (Å²) in [5, 5.41) is 4.12. The maximum absolute atomic E-state index is 12.8. The summed E-state index contributed by atoms with van der Waals surface area (Å²) in [6.07, 6.45) is -4.22. The summed E-state index contributed by atoms with van der Waals surface area (Å²) in [4.78, 5) is 23.9. The van der Waals surface area contributed by atoms with Crippen LogP contribution in [0.4, 0.5) is 18.9 Å². The van der Waals surface area contributed by atoms with E-state index in [9.17, 15) is 22.8 Å². The Bertz CT molecular complexity index is 835. The molecule has 2 N–H and O–H groups in total. The molecule has 11 heteroatoms. The Labute approximate surface area is 149 Å². The second-order valence-electron chi connectivity index (χ2n) is 5.04. The number of benzene rings is 1. The van der Waals surface area contributed by atoms with Gasteiger partial charge < -0.3 is 5.32 Å². The molecule has 1 amide bonds. The summed E-state index contributed by atoms with van der Waals surface area (Å²) in [5.41, 5.74) is -1.72. The number of aryl methyl sites for hydroxylation is 1. The Kier molecular flexibility index (Phi) is 5.83. The number of halogens is 4. The number of carbonyl (C=O) groups is 1. The van der Waals surface area contributed by atoms with Gasteiger partial charge in [-0.3, -0.25) is 9.32 Å². The van der Waals surface area contributed by atoms with Crippen LogP contribution in [0.2, 0.25) is 5.02 Å². The van der Waals surface area contributed by atoms with Crippen LogP contribution >= 0.6 is 23.4 Å². The molecule has 0 aliphatic heterocycles. The van der Waals surface area contributed by atoms with Crippen molar-refractivity contribution >= 4 is 35.0 Å². The van der Waals surface area contributed by atoms with Crippen molar-refractivity contribution in [3.05, 3.63) is 39.2 Å². The molecule has 0 spiro atoms. The first kappa shape index (κ1) is 19.4. The molecular formula is C14H14ClF3N3O3S+. The van der Waals surface area contributed by atoms with Crippen LogP contribution < -0.4 is 15.6 Å². The smallest absolute Gasteiger partial charge is 0.324 e. The number of hydrogen-bond donors (Lipinski definition) is 2. The molecule has 2 rings (SSSR count). The van der Waals surface area contributed by atoms with E-state index in [1.54, 1.807) is 6.92 Å². The van der Waals surface area contributed by atoms with Crippen LogP contribution in [0.15, 0.2) is 32.5 Å². The number of anilines is 1. The van der Waals surface area contributed by atoms with E-state index in [4.69, 9.17) is 11.6 Å². The number of amides is 1. The number of H-pyrrole nitrogens is 1. The monoisotopic (exact) mass is 396 g/mol. The van der Waals surface area contributed by atoms with Gasteiger partial charge in [0, 0.05) is 0 Å². The molecule has 6 nitrogen and oxygen atoms in total. The third-order valence-electron chi connectivity index (χ3n) is 3.22. The van der Waals surface area contributed by atoms with Crippen LogP contribution in [0.1, 0.15) is 18.9 Å². The maximum atomic E-state index is 12.8. The fraction of sp³-hybridized carbons (Fsp3) is 0.357. The maximum Gasteiger partial charge on any atom is 0.441 e. The number of aromatic amines is 1. The van der Waals surface area contributed by atoms with Gasteiger partial charge in [-0.1, -0.05) is 23.2 Å². The molecule has 1 atom stereocenters. The van der Waals surface area contributed by atoms with Gasteiger partial charge in [0.15, 0.2) is 7.05 Å². The topological polar surface area (TPSA) is 79.0 Å². The average Bonchev–Trinajstić information content (AvgIpc) is 2.84. The lowest BCUT2D eigenvalue weighted by Gasteiger charge is -2.15. The molecule has 1 aromatic heterocycles. The first-order valence-corrected chi connectivity index (χ1v) is 8.31. The van der Waals surface area contributed by atoms with E-state index in [0.29, 0.717) is 6.42 Å². The number of thioether (sulfide) groups is 1. The Morgan fingerprint density at radius 1 is 1.48 bits per heavy atom. The second-order valence-corrected chi connectivity index (χ2v) is 6.64. The van der Waals surface area contributed by atoms with Crippen molar-refractivity contribution in [3.8, 4) is 0 Å². The van der Waals surface area contributed by atoms with Crippen LogP contribution in [0.25, 0.3) is 0 Å². The molecule has 1 aromatic carbocycles. The molecule has 0 saturated heterocycles. The van der Waals surface area contributed by atoms with Gasteiger partial charge in [-0.05, 0) is 41.7 Å². The third-order valence-corrected chi connectivity index (χ3v) is 5.05. The first-order valence-electron chi connectivity index (χ1n) is 7.05. The van der Waals surface area contributed by atoms with E-state index < -0.39 is 28.5 Å². The van der Waals surface area contributed by atoms with Crippen molar-refractivity contribution < 1.29 is 27.2 Å². The average molecular weight is 397 g/mol. The molecule has 1 heterocycles. The lowest BCUT2D eigenvalue weighted by molar-refractivity contribution is -0.772. The molecule has 136 valence electrons. The Morgan fingerprint density at radius 2 is 2.16 bits per heavy atom. The van der Waals surface area contributed by atoms with E-state index in [2.05, 4.69) is 15.1 Å². The van der Waals surface area contributed by atoms with E-state index in [-0.39, 0.29) is 15.7 Å². The largest absolute Gasteiger partial charge is 0.441 e. The van der Waals surface area contributed by atoms with Crippen molar-refractivity contribution in [2.45, 2.75) is 29.8 Å². The lowest BCUT2D eigenvalue weighted by Crippen LogP contribution is -2.35. The fourth-order valence-corrected chi connectivity index (χ4v) is 3.03. The minimum Gasteiger partial charge on any atom is -0.324 e. The van der Waals surface area contributed by atoms with Gasteiger partial charge in [0.25, 0.3) is 0 Å². The van der Waals surface area contributed by atoms with Gasteiger partial charge in [0.1, 0.15) is 0 Å². The molecule has 0 radical (unpaired) electrons. The summed E-state index contributed by atoms with van der Waals surface area (Å²) in [6, 6.07) is 2.66. The minimum absolute atomic E-state index is 0.0204. The van der Waals surface area contributed by atoms with Crippen LogP contribution in [0.5, 0.6) is 0 Å². The normalized spacial score (nSPS) is 12.9. The summed E-state index contributed by atoms with van der Waals surface area (Å²) in [7, 11) is 1.53. The van der Waals surface area contributed by atoms with Gasteiger partial charge in [0.05, 0.1) is 21.5 Å². The molecular weight excluding hydrogens is 383 g/mol. The van der Waals surface area contributed by atoms with E-state index in [0.717, 1.165) is 30.0 Å². The number of hydrogen-bond acceptors (Lipinski definition) is 4.